The third-order valence-electron chi connectivity index (χ3n) is 6.44. The van der Waals surface area contributed by atoms with Crippen LogP contribution < -0.4 is 9.47 Å². The van der Waals surface area contributed by atoms with E-state index in [4.69, 9.17) is 9.47 Å². The molecule has 0 radical (unpaired) electrons. The van der Waals surface area contributed by atoms with Gasteiger partial charge in [0.2, 0.25) is 0 Å². The lowest BCUT2D eigenvalue weighted by atomic mass is 10.0. The van der Waals surface area contributed by atoms with Crippen LogP contribution in [0.25, 0.3) is 22.2 Å². The summed E-state index contributed by atoms with van der Waals surface area (Å²) >= 11 is 0. The number of nitrogens with zero attached hydrogens (tertiary/aromatic N) is 2. The Morgan fingerprint density at radius 1 is 1.03 bits per heavy atom. The summed E-state index contributed by atoms with van der Waals surface area (Å²) in [6.45, 7) is 6.41. The van der Waals surface area contributed by atoms with Crippen molar-refractivity contribution in [1.82, 2.24) is 9.47 Å². The monoisotopic (exact) mass is 420 g/mol. The van der Waals surface area contributed by atoms with Gasteiger partial charge < -0.3 is 18.9 Å². The highest BCUT2D eigenvalue weighted by atomic mass is 16.5. The zero-order valence-corrected chi connectivity index (χ0v) is 19.3. The maximum absolute atomic E-state index is 6.14. The van der Waals surface area contributed by atoms with Crippen LogP contribution in [0.4, 0.5) is 0 Å². The molecule has 1 aromatic heterocycles. The van der Waals surface area contributed by atoms with E-state index in [2.05, 4.69) is 53.8 Å². The molecule has 4 rings (SSSR count). The van der Waals surface area contributed by atoms with Gasteiger partial charge in [-0.15, -0.1) is 0 Å². The van der Waals surface area contributed by atoms with Crippen molar-refractivity contribution in [3.8, 4) is 22.8 Å². The van der Waals surface area contributed by atoms with E-state index in [1.54, 1.807) is 7.11 Å². The minimum atomic E-state index is 0.700. The third-order valence-corrected chi connectivity index (χ3v) is 6.44. The Kier molecular flexibility index (Phi) is 7.18. The average molecular weight is 421 g/mol. The normalized spacial score (nSPS) is 13.0. The molecule has 0 bridgehead atoms. The van der Waals surface area contributed by atoms with E-state index in [1.165, 1.54) is 72.9 Å². The molecular formula is C27H36N2O2. The lowest BCUT2D eigenvalue weighted by Crippen LogP contribution is -2.20. The van der Waals surface area contributed by atoms with E-state index < -0.39 is 0 Å². The fourth-order valence-corrected chi connectivity index (χ4v) is 4.74. The van der Waals surface area contributed by atoms with Gasteiger partial charge in [-0.05, 0) is 63.2 Å². The summed E-state index contributed by atoms with van der Waals surface area (Å²) in [6.07, 6.45) is 7.21. The number of ether oxygens (including phenoxy) is 2. The Balaban J connectivity index is 1.57. The van der Waals surface area contributed by atoms with E-state index in [0.717, 1.165) is 24.5 Å². The number of rotatable bonds is 10. The molecule has 0 amide bonds. The molecule has 0 unspecified atom stereocenters. The fourth-order valence-electron chi connectivity index (χ4n) is 4.74. The number of fused-ring (bicyclic) bond motifs is 5. The number of hydrogen-bond acceptors (Lipinski definition) is 3. The van der Waals surface area contributed by atoms with Gasteiger partial charge in [-0.1, -0.05) is 38.0 Å². The quantitative estimate of drug-likeness (QED) is 0.368. The SMILES string of the molecule is CCCCN(C)CCCCCn1c2c(c3ccccc31)CCOc1cc(OC)ccc1-2. The van der Waals surface area contributed by atoms with Gasteiger partial charge in [-0.2, -0.15) is 0 Å². The Bertz CT molecular complexity index is 1010. The molecule has 166 valence electrons. The van der Waals surface area contributed by atoms with Gasteiger partial charge in [-0.3, -0.25) is 0 Å². The van der Waals surface area contributed by atoms with Gasteiger partial charge in [0.25, 0.3) is 0 Å². The van der Waals surface area contributed by atoms with Gasteiger partial charge in [0, 0.05) is 35.5 Å². The van der Waals surface area contributed by atoms with Crippen LogP contribution in [0, 0.1) is 0 Å². The maximum atomic E-state index is 6.14. The molecular weight excluding hydrogens is 384 g/mol. The average Bonchev–Trinajstić information content (AvgIpc) is 2.97. The van der Waals surface area contributed by atoms with Crippen LogP contribution in [-0.4, -0.2) is 43.3 Å². The molecule has 0 N–H and O–H groups in total. The Morgan fingerprint density at radius 3 is 2.71 bits per heavy atom. The van der Waals surface area contributed by atoms with Crippen molar-refractivity contribution >= 4 is 10.9 Å². The molecule has 0 aliphatic carbocycles. The third kappa shape index (κ3) is 4.74. The van der Waals surface area contributed by atoms with E-state index >= 15 is 0 Å². The van der Waals surface area contributed by atoms with Gasteiger partial charge in [0.1, 0.15) is 11.5 Å². The largest absolute Gasteiger partial charge is 0.497 e. The van der Waals surface area contributed by atoms with Crippen molar-refractivity contribution in [2.45, 2.75) is 52.0 Å². The van der Waals surface area contributed by atoms with Crippen LogP contribution in [-0.2, 0) is 13.0 Å². The lowest BCUT2D eigenvalue weighted by molar-refractivity contribution is 0.318. The molecule has 0 fully saturated rings. The van der Waals surface area contributed by atoms with Gasteiger partial charge in [-0.25, -0.2) is 0 Å². The number of benzene rings is 2. The van der Waals surface area contributed by atoms with Crippen molar-refractivity contribution in [1.29, 1.82) is 0 Å². The van der Waals surface area contributed by atoms with E-state index in [-0.39, 0.29) is 0 Å². The number of para-hydroxylation sites is 1. The summed E-state index contributed by atoms with van der Waals surface area (Å²) in [7, 11) is 3.96. The Labute approximate surface area is 186 Å². The van der Waals surface area contributed by atoms with E-state index in [1.807, 2.05) is 12.1 Å². The first-order valence-electron chi connectivity index (χ1n) is 11.8. The molecule has 2 aromatic carbocycles. The highest BCUT2D eigenvalue weighted by Crippen LogP contribution is 2.42. The lowest BCUT2D eigenvalue weighted by Gasteiger charge is -2.17. The summed E-state index contributed by atoms with van der Waals surface area (Å²) < 4.78 is 14.1. The molecule has 0 atom stereocenters. The molecule has 4 heteroatoms. The van der Waals surface area contributed by atoms with Crippen molar-refractivity contribution in [2.75, 3.05) is 33.9 Å². The van der Waals surface area contributed by atoms with Gasteiger partial charge >= 0.3 is 0 Å². The standard InChI is InChI=1S/C27H36N2O2/c1-4-5-16-28(2)17-9-6-10-18-29-25-12-8-7-11-22(25)23-15-19-31-26-20-21(30-3)13-14-24(26)27(23)29/h7-8,11-14,20H,4-6,9-10,15-19H2,1-3H3. The zero-order chi connectivity index (χ0) is 21.6. The molecule has 1 aliphatic heterocycles. The molecule has 0 saturated heterocycles. The first-order valence-corrected chi connectivity index (χ1v) is 11.8. The van der Waals surface area contributed by atoms with Crippen molar-refractivity contribution < 1.29 is 9.47 Å². The van der Waals surface area contributed by atoms with Crippen molar-refractivity contribution in [2.24, 2.45) is 0 Å². The number of unbranched alkanes of at least 4 members (excludes halogenated alkanes) is 3. The predicted octanol–water partition coefficient (Wildman–Crippen LogP) is 6.15. The number of aromatic nitrogens is 1. The Morgan fingerprint density at radius 2 is 1.87 bits per heavy atom. The highest BCUT2D eigenvalue weighted by molar-refractivity contribution is 5.93. The van der Waals surface area contributed by atoms with E-state index in [9.17, 15) is 0 Å². The van der Waals surface area contributed by atoms with Crippen LogP contribution in [0.5, 0.6) is 11.5 Å². The van der Waals surface area contributed by atoms with Crippen LogP contribution >= 0.6 is 0 Å². The van der Waals surface area contributed by atoms with E-state index in [0.29, 0.717) is 6.61 Å². The second-order valence-electron chi connectivity index (χ2n) is 8.67. The topological polar surface area (TPSA) is 26.6 Å². The summed E-state index contributed by atoms with van der Waals surface area (Å²) in [4.78, 5) is 2.47. The summed E-state index contributed by atoms with van der Waals surface area (Å²) in [5.74, 6) is 1.77. The minimum Gasteiger partial charge on any atom is -0.497 e. The summed E-state index contributed by atoms with van der Waals surface area (Å²) in [5, 5.41) is 1.36. The molecule has 4 nitrogen and oxygen atoms in total. The highest BCUT2D eigenvalue weighted by Gasteiger charge is 2.24. The number of aryl methyl sites for hydroxylation is 1. The van der Waals surface area contributed by atoms with Crippen LogP contribution in [0.2, 0.25) is 0 Å². The van der Waals surface area contributed by atoms with Gasteiger partial charge in [0.15, 0.2) is 0 Å². The fraction of sp³-hybridized carbons (Fsp3) is 0.481. The first kappa shape index (κ1) is 21.8. The molecule has 2 heterocycles. The minimum absolute atomic E-state index is 0.700. The summed E-state index contributed by atoms with van der Waals surface area (Å²) in [6, 6.07) is 15.1. The predicted molar refractivity (Wildman–Crippen MR) is 129 cm³/mol. The molecule has 3 aromatic rings. The number of methoxy groups -OCH3 is 1. The molecule has 1 aliphatic rings. The molecule has 31 heavy (non-hydrogen) atoms. The molecule has 0 saturated carbocycles. The zero-order valence-electron chi connectivity index (χ0n) is 19.3. The smallest absolute Gasteiger partial charge is 0.132 e. The van der Waals surface area contributed by atoms with Crippen molar-refractivity contribution in [3.05, 3.63) is 48.0 Å². The Hall–Kier alpha value is -2.46. The second-order valence-corrected chi connectivity index (χ2v) is 8.67. The van der Waals surface area contributed by atoms with Gasteiger partial charge in [0.05, 0.1) is 19.4 Å². The van der Waals surface area contributed by atoms with Crippen molar-refractivity contribution in [3.63, 3.8) is 0 Å². The maximum Gasteiger partial charge on any atom is 0.132 e. The first-order chi connectivity index (χ1) is 15.2. The summed E-state index contributed by atoms with van der Waals surface area (Å²) in [5.41, 5.74) is 5.27. The van der Waals surface area contributed by atoms with Crippen LogP contribution in [0.1, 0.15) is 44.6 Å². The van der Waals surface area contributed by atoms with Crippen LogP contribution in [0.15, 0.2) is 42.5 Å². The number of hydrogen-bond donors (Lipinski definition) is 0. The van der Waals surface area contributed by atoms with Crippen LogP contribution in [0.3, 0.4) is 0 Å². The second kappa shape index (κ2) is 10.2. The molecule has 0 spiro atoms.